The van der Waals surface area contributed by atoms with E-state index < -0.39 is 12.1 Å². The predicted molar refractivity (Wildman–Crippen MR) is 67.7 cm³/mol. The van der Waals surface area contributed by atoms with E-state index in [4.69, 9.17) is 20.9 Å². The Morgan fingerprint density at radius 2 is 1.17 bits per heavy atom. The van der Waals surface area contributed by atoms with Crippen molar-refractivity contribution in [3.63, 3.8) is 0 Å². The number of carbonyl (C=O) groups is 2. The first-order valence-corrected chi connectivity index (χ1v) is 6.29. The monoisotopic (exact) mass is 260 g/mol. The molecule has 0 unspecified atom stereocenters. The van der Waals surface area contributed by atoms with Crippen LogP contribution >= 0.6 is 0 Å². The van der Waals surface area contributed by atoms with Gasteiger partial charge < -0.3 is 20.9 Å². The molecule has 2 atom stereocenters. The number of ether oxygens (including phenoxy) is 2. The number of carbonyl (C=O) groups excluding carboxylic acids is 2. The van der Waals surface area contributed by atoms with E-state index in [-0.39, 0.29) is 11.9 Å². The molecule has 0 aromatic carbocycles. The SMILES string of the molecule is C[C@@H](N)C(=O)OCCCCCCOC(=O)[C@@H](C)N. The van der Waals surface area contributed by atoms with Gasteiger partial charge in [0.2, 0.25) is 0 Å². The minimum Gasteiger partial charge on any atom is -0.465 e. The van der Waals surface area contributed by atoms with Gasteiger partial charge in [0.25, 0.3) is 0 Å². The summed E-state index contributed by atoms with van der Waals surface area (Å²) >= 11 is 0. The Kier molecular flexibility index (Phi) is 9.22. The standard InChI is InChI=1S/C12H24N2O4/c1-9(13)11(15)17-7-5-3-4-6-8-18-12(16)10(2)14/h9-10H,3-8,13-14H2,1-2H3/t9-,10-/m1/s1. The molecule has 0 fully saturated rings. The summed E-state index contributed by atoms with van der Waals surface area (Å²) in [4.78, 5) is 22.0. The molecule has 106 valence electrons. The van der Waals surface area contributed by atoms with Crippen LogP contribution in [0.25, 0.3) is 0 Å². The van der Waals surface area contributed by atoms with Gasteiger partial charge in [-0.15, -0.1) is 0 Å². The maximum absolute atomic E-state index is 11.0. The molecule has 4 N–H and O–H groups in total. The highest BCUT2D eigenvalue weighted by Gasteiger charge is 2.08. The van der Waals surface area contributed by atoms with E-state index in [1.807, 2.05) is 0 Å². The lowest BCUT2D eigenvalue weighted by molar-refractivity contribution is -0.146. The van der Waals surface area contributed by atoms with Gasteiger partial charge in [0, 0.05) is 0 Å². The second-order valence-electron chi connectivity index (χ2n) is 4.33. The van der Waals surface area contributed by atoms with Gasteiger partial charge in [-0.1, -0.05) is 0 Å². The van der Waals surface area contributed by atoms with Crippen LogP contribution in [0.3, 0.4) is 0 Å². The minimum absolute atomic E-state index is 0.374. The van der Waals surface area contributed by atoms with Crippen molar-refractivity contribution in [2.24, 2.45) is 11.5 Å². The quantitative estimate of drug-likeness (QED) is 0.457. The number of hydrogen-bond acceptors (Lipinski definition) is 6. The molecule has 0 radical (unpaired) electrons. The molecule has 0 aliphatic heterocycles. The number of rotatable bonds is 9. The van der Waals surface area contributed by atoms with E-state index in [9.17, 15) is 9.59 Å². The van der Waals surface area contributed by atoms with Crippen LogP contribution in [-0.2, 0) is 19.1 Å². The van der Waals surface area contributed by atoms with Crippen molar-refractivity contribution in [3.05, 3.63) is 0 Å². The summed E-state index contributed by atoms with van der Waals surface area (Å²) in [5, 5.41) is 0. The summed E-state index contributed by atoms with van der Waals surface area (Å²) in [7, 11) is 0. The van der Waals surface area contributed by atoms with E-state index in [0.29, 0.717) is 13.2 Å². The van der Waals surface area contributed by atoms with Crippen LogP contribution in [0.4, 0.5) is 0 Å². The van der Waals surface area contributed by atoms with Gasteiger partial charge in [-0.05, 0) is 39.5 Å². The molecular formula is C12H24N2O4. The largest absolute Gasteiger partial charge is 0.465 e. The van der Waals surface area contributed by atoms with Gasteiger partial charge in [0.1, 0.15) is 12.1 Å². The van der Waals surface area contributed by atoms with Crippen molar-refractivity contribution in [3.8, 4) is 0 Å². The number of nitrogens with two attached hydrogens (primary N) is 2. The van der Waals surface area contributed by atoms with Crippen molar-refractivity contribution in [2.75, 3.05) is 13.2 Å². The molecule has 0 aromatic rings. The Balaban J connectivity index is 3.27. The van der Waals surface area contributed by atoms with E-state index in [2.05, 4.69) is 0 Å². The van der Waals surface area contributed by atoms with Crippen molar-refractivity contribution < 1.29 is 19.1 Å². The Morgan fingerprint density at radius 1 is 0.833 bits per heavy atom. The van der Waals surface area contributed by atoms with E-state index in [1.165, 1.54) is 0 Å². The fraction of sp³-hybridized carbons (Fsp3) is 0.833. The Morgan fingerprint density at radius 3 is 1.44 bits per heavy atom. The third-order valence-electron chi connectivity index (χ3n) is 2.27. The van der Waals surface area contributed by atoms with Crippen LogP contribution in [0.2, 0.25) is 0 Å². The maximum atomic E-state index is 11.0. The van der Waals surface area contributed by atoms with Gasteiger partial charge >= 0.3 is 11.9 Å². The summed E-state index contributed by atoms with van der Waals surface area (Å²) in [6.07, 6.45) is 3.42. The fourth-order valence-corrected chi connectivity index (χ4v) is 1.17. The van der Waals surface area contributed by atoms with Crippen LogP contribution in [0.5, 0.6) is 0 Å². The molecule has 0 heterocycles. The number of esters is 2. The number of unbranched alkanes of at least 4 members (excludes halogenated alkanes) is 3. The smallest absolute Gasteiger partial charge is 0.322 e. The van der Waals surface area contributed by atoms with E-state index in [1.54, 1.807) is 13.8 Å². The Labute approximate surface area is 108 Å². The average molecular weight is 260 g/mol. The molecule has 0 rings (SSSR count). The summed E-state index contributed by atoms with van der Waals surface area (Å²) in [6.45, 7) is 3.96. The lowest BCUT2D eigenvalue weighted by Gasteiger charge is -2.08. The lowest BCUT2D eigenvalue weighted by Crippen LogP contribution is -2.29. The lowest BCUT2D eigenvalue weighted by atomic mass is 10.2. The highest BCUT2D eigenvalue weighted by Crippen LogP contribution is 2.01. The van der Waals surface area contributed by atoms with Crippen LogP contribution < -0.4 is 11.5 Å². The molecule has 0 aliphatic carbocycles. The minimum atomic E-state index is -0.567. The van der Waals surface area contributed by atoms with Crippen molar-refractivity contribution >= 4 is 11.9 Å². The predicted octanol–water partition coefficient (Wildman–Crippen LogP) is 0.328. The first-order valence-electron chi connectivity index (χ1n) is 6.29. The zero-order valence-electron chi connectivity index (χ0n) is 11.2. The van der Waals surface area contributed by atoms with E-state index >= 15 is 0 Å². The first kappa shape index (κ1) is 16.9. The molecule has 18 heavy (non-hydrogen) atoms. The zero-order chi connectivity index (χ0) is 14.0. The Bertz CT molecular complexity index is 228. The molecule has 0 bridgehead atoms. The summed E-state index contributed by atoms with van der Waals surface area (Å²) in [6, 6.07) is -1.13. The Hall–Kier alpha value is -1.14. The van der Waals surface area contributed by atoms with Crippen molar-refractivity contribution in [1.29, 1.82) is 0 Å². The van der Waals surface area contributed by atoms with Crippen molar-refractivity contribution in [2.45, 2.75) is 51.6 Å². The van der Waals surface area contributed by atoms with Gasteiger partial charge in [-0.25, -0.2) is 0 Å². The van der Waals surface area contributed by atoms with Gasteiger partial charge in [-0.2, -0.15) is 0 Å². The second-order valence-corrected chi connectivity index (χ2v) is 4.33. The number of hydrogen-bond donors (Lipinski definition) is 2. The first-order chi connectivity index (χ1) is 8.45. The maximum Gasteiger partial charge on any atom is 0.322 e. The van der Waals surface area contributed by atoms with Crippen LogP contribution in [0, 0.1) is 0 Å². The van der Waals surface area contributed by atoms with Gasteiger partial charge in [-0.3, -0.25) is 9.59 Å². The molecule has 0 amide bonds. The highest BCUT2D eigenvalue weighted by molar-refractivity contribution is 5.75. The van der Waals surface area contributed by atoms with Crippen LogP contribution in [0.15, 0.2) is 0 Å². The molecular weight excluding hydrogens is 236 g/mol. The molecule has 6 nitrogen and oxygen atoms in total. The third kappa shape index (κ3) is 8.95. The summed E-state index contributed by atoms with van der Waals surface area (Å²) in [5.74, 6) is -0.748. The van der Waals surface area contributed by atoms with Crippen LogP contribution in [0.1, 0.15) is 39.5 Å². The summed E-state index contributed by atoms with van der Waals surface area (Å²) < 4.78 is 9.83. The molecule has 0 aromatic heterocycles. The highest BCUT2D eigenvalue weighted by atomic mass is 16.5. The van der Waals surface area contributed by atoms with Crippen molar-refractivity contribution in [1.82, 2.24) is 0 Å². The van der Waals surface area contributed by atoms with Gasteiger partial charge in [0.05, 0.1) is 13.2 Å². The fourth-order valence-electron chi connectivity index (χ4n) is 1.17. The summed E-state index contributed by atoms with van der Waals surface area (Å²) in [5.41, 5.74) is 10.7. The molecule has 6 heteroatoms. The third-order valence-corrected chi connectivity index (χ3v) is 2.27. The molecule has 0 saturated carbocycles. The zero-order valence-corrected chi connectivity index (χ0v) is 11.2. The molecule has 0 spiro atoms. The topological polar surface area (TPSA) is 105 Å². The average Bonchev–Trinajstić information content (AvgIpc) is 2.31. The normalized spacial score (nSPS) is 13.8. The van der Waals surface area contributed by atoms with E-state index in [0.717, 1.165) is 25.7 Å². The molecule has 0 aliphatic rings. The molecule has 0 saturated heterocycles. The van der Waals surface area contributed by atoms with Crippen LogP contribution in [-0.4, -0.2) is 37.2 Å². The second kappa shape index (κ2) is 9.85. The van der Waals surface area contributed by atoms with Gasteiger partial charge in [0.15, 0.2) is 0 Å².